The molecule has 30 heavy (non-hydrogen) atoms. The topological polar surface area (TPSA) is 79.0 Å². The van der Waals surface area contributed by atoms with Crippen LogP contribution < -0.4 is 14.8 Å². The number of fused-ring (bicyclic) bond motifs is 1. The molecule has 0 fully saturated rings. The molecule has 1 heterocycles. The van der Waals surface area contributed by atoms with E-state index in [1.165, 1.54) is 0 Å². The lowest BCUT2D eigenvalue weighted by Crippen LogP contribution is -2.50. The molecule has 1 aliphatic heterocycles. The Labute approximate surface area is 179 Å². The van der Waals surface area contributed by atoms with Gasteiger partial charge in [-0.2, -0.15) is 0 Å². The van der Waals surface area contributed by atoms with E-state index in [0.29, 0.717) is 36.5 Å². The molecule has 0 aliphatic carbocycles. The lowest BCUT2D eigenvalue weighted by molar-refractivity contribution is 0.102. The highest BCUT2D eigenvalue weighted by Gasteiger charge is 2.51. The minimum Gasteiger partial charge on any atom is -0.466 e. The van der Waals surface area contributed by atoms with Gasteiger partial charge in [0.15, 0.2) is 0 Å². The van der Waals surface area contributed by atoms with Crippen LogP contribution in [0, 0.1) is 5.41 Å². The summed E-state index contributed by atoms with van der Waals surface area (Å²) in [5.41, 5.74) is 7.02. The molecule has 0 radical (unpaired) electrons. The highest BCUT2D eigenvalue weighted by molar-refractivity contribution is 8.26. The van der Waals surface area contributed by atoms with Crippen LogP contribution in [0.4, 0.5) is 11.4 Å². The maximum absolute atomic E-state index is 11.6. The van der Waals surface area contributed by atoms with Crippen molar-refractivity contribution in [2.45, 2.75) is 25.2 Å². The number of rotatable bonds is 6. The molecule has 0 saturated carbocycles. The predicted molar refractivity (Wildman–Crippen MR) is 124 cm³/mol. The van der Waals surface area contributed by atoms with Crippen LogP contribution in [-0.2, 0) is 6.42 Å². The molecule has 3 aromatic carbocycles. The van der Waals surface area contributed by atoms with Crippen molar-refractivity contribution in [2.75, 3.05) is 10.8 Å². The van der Waals surface area contributed by atoms with Gasteiger partial charge in [0.1, 0.15) is 11.4 Å². The van der Waals surface area contributed by atoms with Gasteiger partial charge in [0, 0.05) is 5.41 Å². The molecule has 2 atom stereocenters. The molecular weight excluding hydrogens is 396 g/mol. The first-order valence-electron chi connectivity index (χ1n) is 10.1. The number of ether oxygens (including phenoxy) is 1. The van der Waals surface area contributed by atoms with Gasteiger partial charge in [-0.3, -0.25) is 9.11 Å². The van der Waals surface area contributed by atoms with Gasteiger partial charge in [-0.05, 0) is 49.2 Å². The molecule has 0 aromatic heterocycles. The maximum atomic E-state index is 11.6. The third-order valence-corrected chi connectivity index (χ3v) is 7.78. The van der Waals surface area contributed by atoms with Crippen molar-refractivity contribution in [3.05, 3.63) is 90.5 Å². The fourth-order valence-electron chi connectivity index (χ4n) is 4.21. The summed E-state index contributed by atoms with van der Waals surface area (Å²) in [6.45, 7) is 2.45. The summed E-state index contributed by atoms with van der Waals surface area (Å²) in [5.74, 6) is 0.633. The Bertz CT molecular complexity index is 984. The van der Waals surface area contributed by atoms with E-state index < -0.39 is 21.6 Å². The minimum absolute atomic E-state index is 0.422. The highest BCUT2D eigenvalue weighted by Crippen LogP contribution is 2.65. The Hall–Kier alpha value is -2.51. The van der Waals surface area contributed by atoms with E-state index in [1.807, 2.05) is 91.9 Å². The van der Waals surface area contributed by atoms with Crippen LogP contribution in [0.2, 0.25) is 0 Å². The van der Waals surface area contributed by atoms with Crippen LogP contribution in [0.5, 0.6) is 5.75 Å². The van der Waals surface area contributed by atoms with Gasteiger partial charge in [0.25, 0.3) is 0 Å². The summed E-state index contributed by atoms with van der Waals surface area (Å²) in [5, 5.41) is 0. The average Bonchev–Trinajstić information content (AvgIpc) is 2.74. The summed E-state index contributed by atoms with van der Waals surface area (Å²) in [7, 11) is -3.38. The second kappa shape index (κ2) is 8.32. The van der Waals surface area contributed by atoms with Crippen LogP contribution in [-0.4, -0.2) is 21.1 Å². The van der Waals surface area contributed by atoms with Crippen LogP contribution in [0.25, 0.3) is 0 Å². The van der Waals surface area contributed by atoms with Gasteiger partial charge in [-0.1, -0.05) is 78.4 Å². The molecule has 5 nitrogen and oxygen atoms in total. The quantitative estimate of drug-likeness (QED) is 0.466. The molecular formula is C24H28N2O3S. The zero-order chi connectivity index (χ0) is 21.2. The zero-order valence-corrected chi connectivity index (χ0v) is 17.8. The molecule has 1 aliphatic rings. The Morgan fingerprint density at radius 2 is 1.53 bits per heavy atom. The third-order valence-electron chi connectivity index (χ3n) is 5.60. The van der Waals surface area contributed by atoms with Gasteiger partial charge in [0.2, 0.25) is 5.44 Å². The van der Waals surface area contributed by atoms with Gasteiger partial charge in [0.05, 0.1) is 5.69 Å². The predicted octanol–water partition coefficient (Wildman–Crippen LogP) is 5.81. The van der Waals surface area contributed by atoms with Crippen molar-refractivity contribution in [2.24, 2.45) is 11.1 Å². The van der Waals surface area contributed by atoms with Gasteiger partial charge >= 0.3 is 0 Å². The van der Waals surface area contributed by atoms with E-state index in [-0.39, 0.29) is 0 Å². The lowest BCUT2D eigenvalue weighted by atomic mass is 9.81. The molecule has 4 N–H and O–H groups in total. The van der Waals surface area contributed by atoms with Crippen molar-refractivity contribution in [3.8, 4) is 5.75 Å². The molecule has 2 unspecified atom stereocenters. The first-order valence-corrected chi connectivity index (χ1v) is 11.6. The Kier molecular flexibility index (Phi) is 5.75. The number of para-hydroxylation sites is 3. The smallest absolute Gasteiger partial charge is 0.212 e. The molecule has 0 bridgehead atoms. The van der Waals surface area contributed by atoms with E-state index in [0.717, 1.165) is 5.56 Å². The fourth-order valence-corrected chi connectivity index (χ4v) is 6.47. The number of anilines is 2. The number of hydrogen-bond donors (Lipinski definition) is 3. The van der Waals surface area contributed by atoms with Crippen LogP contribution >= 0.6 is 10.8 Å². The van der Waals surface area contributed by atoms with Crippen molar-refractivity contribution in [1.82, 2.24) is 0 Å². The van der Waals surface area contributed by atoms with Crippen molar-refractivity contribution in [3.63, 3.8) is 0 Å². The van der Waals surface area contributed by atoms with E-state index in [9.17, 15) is 9.11 Å². The molecule has 0 amide bonds. The third kappa shape index (κ3) is 3.79. The summed E-state index contributed by atoms with van der Waals surface area (Å²) >= 11 is 0. The Balaban J connectivity index is 1.82. The van der Waals surface area contributed by atoms with Crippen LogP contribution in [0.1, 0.15) is 18.9 Å². The molecule has 0 spiro atoms. The molecule has 4 rings (SSSR count). The molecule has 6 heteroatoms. The molecule has 0 saturated heterocycles. The zero-order valence-electron chi connectivity index (χ0n) is 17.0. The van der Waals surface area contributed by atoms with E-state index in [4.69, 9.17) is 10.5 Å². The fraction of sp³-hybridized carbons (Fsp3) is 0.250. The van der Waals surface area contributed by atoms with Gasteiger partial charge < -0.3 is 10.5 Å². The van der Waals surface area contributed by atoms with Crippen LogP contribution in [0.15, 0.2) is 84.9 Å². The Morgan fingerprint density at radius 3 is 2.20 bits per heavy atom. The number of hydrogen-bond acceptors (Lipinski definition) is 5. The van der Waals surface area contributed by atoms with E-state index >= 15 is 0 Å². The Morgan fingerprint density at radius 1 is 0.933 bits per heavy atom. The summed E-state index contributed by atoms with van der Waals surface area (Å²) in [6.07, 6.45) is 1.21. The van der Waals surface area contributed by atoms with Crippen molar-refractivity contribution in [1.29, 1.82) is 0 Å². The molecule has 3 aromatic rings. The first kappa shape index (κ1) is 20.8. The number of nitrogens with zero attached hydrogens (tertiary/aromatic N) is 1. The summed E-state index contributed by atoms with van der Waals surface area (Å²) in [4.78, 5) is 0. The van der Waals surface area contributed by atoms with E-state index in [2.05, 4.69) is 0 Å². The van der Waals surface area contributed by atoms with Gasteiger partial charge in [-0.25, -0.2) is 4.31 Å². The second-order valence-corrected chi connectivity index (χ2v) is 9.88. The summed E-state index contributed by atoms with van der Waals surface area (Å²) in [6, 6.07) is 27.0. The second-order valence-electron chi connectivity index (χ2n) is 7.96. The van der Waals surface area contributed by atoms with Gasteiger partial charge in [-0.15, -0.1) is 0 Å². The van der Waals surface area contributed by atoms with Crippen molar-refractivity contribution < 1.29 is 13.8 Å². The molecule has 158 valence electrons. The number of benzene rings is 3. The minimum atomic E-state index is -3.38. The normalized spacial score (nSPS) is 20.5. The van der Waals surface area contributed by atoms with Crippen molar-refractivity contribution >= 4 is 22.2 Å². The number of nitrogens with two attached hydrogens (primary N) is 1. The monoisotopic (exact) mass is 424 g/mol. The average molecular weight is 425 g/mol. The van der Waals surface area contributed by atoms with Crippen LogP contribution in [0.3, 0.4) is 0 Å². The van der Waals surface area contributed by atoms with E-state index in [1.54, 1.807) is 4.31 Å². The first-order chi connectivity index (χ1) is 14.5. The summed E-state index contributed by atoms with van der Waals surface area (Å²) < 4.78 is 31.2. The SMILES string of the molecule is CC(CCN)(Cc1ccccc1)C1Oc2ccccc2N(c2ccccc2)S1(O)O. The largest absolute Gasteiger partial charge is 0.466 e. The standard InChI is InChI=1S/C24H28N2O3S/c1-24(16-17-25,18-19-10-4-2-5-11-19)23-29-22-15-9-8-14-21(22)26(30(23,27)28)20-12-6-3-7-13-20/h2-15,23,27-28H,16-18,25H2,1H3. The maximum Gasteiger partial charge on any atom is 0.212 e. The highest BCUT2D eigenvalue weighted by atomic mass is 32.3. The lowest BCUT2D eigenvalue weighted by Gasteiger charge is -2.56.